The highest BCUT2D eigenvalue weighted by Gasteiger charge is 2.17. The second-order valence-corrected chi connectivity index (χ2v) is 7.73. The van der Waals surface area contributed by atoms with Crippen LogP contribution in [0.5, 0.6) is 0 Å². The number of nitrogens with zero attached hydrogens (tertiary/aromatic N) is 1. The van der Waals surface area contributed by atoms with Gasteiger partial charge in [0, 0.05) is 13.0 Å². The van der Waals surface area contributed by atoms with Crippen molar-refractivity contribution in [2.45, 2.75) is 44.9 Å². The highest BCUT2D eigenvalue weighted by molar-refractivity contribution is 5.83. The largest absolute Gasteiger partial charge is 0.481 e. The van der Waals surface area contributed by atoms with Crippen LogP contribution in [0, 0.1) is 0 Å². The SMILES string of the molecule is CN(CCC=C1c2ccccc2CCc2ccccc21)CCCCCC(=O)O. The third kappa shape index (κ3) is 5.56. The normalized spacial score (nSPS) is 13.0. The lowest BCUT2D eigenvalue weighted by atomic mass is 9.93. The van der Waals surface area contributed by atoms with Crippen LogP contribution in [0.4, 0.5) is 0 Å². The average Bonchev–Trinajstić information content (AvgIpc) is 2.85. The Bertz CT molecular complexity index is 775. The molecule has 1 N–H and O–H groups in total. The summed E-state index contributed by atoms with van der Waals surface area (Å²) in [6.07, 6.45) is 8.73. The van der Waals surface area contributed by atoms with E-state index in [4.69, 9.17) is 5.11 Å². The summed E-state index contributed by atoms with van der Waals surface area (Å²) in [6.45, 7) is 2.04. The number of rotatable bonds is 9. The fourth-order valence-electron chi connectivity index (χ4n) is 4.01. The summed E-state index contributed by atoms with van der Waals surface area (Å²) in [5, 5.41) is 8.70. The molecule has 0 spiro atoms. The molecule has 3 heteroatoms. The van der Waals surface area contributed by atoms with Crippen molar-refractivity contribution in [2.75, 3.05) is 20.1 Å². The molecule has 148 valence electrons. The second-order valence-electron chi connectivity index (χ2n) is 7.73. The maximum Gasteiger partial charge on any atom is 0.303 e. The zero-order valence-corrected chi connectivity index (χ0v) is 16.9. The number of fused-ring (bicyclic) bond motifs is 2. The van der Waals surface area contributed by atoms with Crippen molar-refractivity contribution in [1.29, 1.82) is 0 Å². The van der Waals surface area contributed by atoms with Gasteiger partial charge in [-0.05, 0) is 73.5 Å². The Morgan fingerprint density at radius 3 is 2.14 bits per heavy atom. The summed E-state index contributed by atoms with van der Waals surface area (Å²) in [4.78, 5) is 12.9. The van der Waals surface area contributed by atoms with Crippen molar-refractivity contribution in [3.8, 4) is 0 Å². The van der Waals surface area contributed by atoms with E-state index in [1.165, 1.54) is 27.8 Å². The van der Waals surface area contributed by atoms with Crippen LogP contribution < -0.4 is 0 Å². The molecule has 0 bridgehead atoms. The minimum atomic E-state index is -0.691. The number of hydrogen-bond acceptors (Lipinski definition) is 2. The Morgan fingerprint density at radius 2 is 1.54 bits per heavy atom. The zero-order valence-electron chi connectivity index (χ0n) is 16.9. The molecule has 28 heavy (non-hydrogen) atoms. The van der Waals surface area contributed by atoms with Gasteiger partial charge in [-0.3, -0.25) is 4.79 Å². The molecule has 0 radical (unpaired) electrons. The lowest BCUT2D eigenvalue weighted by Crippen LogP contribution is -2.20. The van der Waals surface area contributed by atoms with Crippen molar-refractivity contribution in [3.63, 3.8) is 0 Å². The summed E-state index contributed by atoms with van der Waals surface area (Å²) in [5.41, 5.74) is 7.01. The van der Waals surface area contributed by atoms with Gasteiger partial charge in [-0.2, -0.15) is 0 Å². The number of carbonyl (C=O) groups is 1. The van der Waals surface area contributed by atoms with Crippen LogP contribution in [0.1, 0.15) is 54.4 Å². The fourth-order valence-corrected chi connectivity index (χ4v) is 4.01. The minimum Gasteiger partial charge on any atom is -0.481 e. The van der Waals surface area contributed by atoms with E-state index in [1.807, 2.05) is 0 Å². The van der Waals surface area contributed by atoms with Gasteiger partial charge in [0.05, 0.1) is 0 Å². The van der Waals surface area contributed by atoms with Crippen LogP contribution in [-0.2, 0) is 17.6 Å². The first-order valence-electron chi connectivity index (χ1n) is 10.4. The number of aryl methyl sites for hydroxylation is 2. The van der Waals surface area contributed by atoms with Gasteiger partial charge in [0.2, 0.25) is 0 Å². The van der Waals surface area contributed by atoms with Crippen LogP contribution in [0.15, 0.2) is 54.6 Å². The van der Waals surface area contributed by atoms with Crippen molar-refractivity contribution >= 4 is 11.5 Å². The fraction of sp³-hybridized carbons (Fsp3) is 0.400. The predicted octanol–water partition coefficient (Wildman–Crippen LogP) is 5.18. The smallest absolute Gasteiger partial charge is 0.303 e. The van der Waals surface area contributed by atoms with E-state index in [0.29, 0.717) is 0 Å². The first-order chi connectivity index (χ1) is 13.6. The molecule has 1 aliphatic carbocycles. The third-order valence-electron chi connectivity index (χ3n) is 5.57. The molecule has 0 fully saturated rings. The van der Waals surface area contributed by atoms with Gasteiger partial charge in [0.1, 0.15) is 0 Å². The monoisotopic (exact) mass is 377 g/mol. The molecule has 0 aromatic heterocycles. The number of unbranched alkanes of at least 4 members (excludes halogenated alkanes) is 2. The molecule has 0 heterocycles. The van der Waals surface area contributed by atoms with Gasteiger partial charge in [0.15, 0.2) is 0 Å². The summed E-state index contributed by atoms with van der Waals surface area (Å²) in [6, 6.07) is 17.6. The van der Waals surface area contributed by atoms with E-state index < -0.39 is 5.97 Å². The summed E-state index contributed by atoms with van der Waals surface area (Å²) >= 11 is 0. The molecule has 1 aliphatic rings. The maximum atomic E-state index is 10.6. The molecule has 3 rings (SSSR count). The first-order valence-corrected chi connectivity index (χ1v) is 10.4. The Labute approximate surface area is 168 Å². The average molecular weight is 378 g/mol. The number of hydrogen-bond donors (Lipinski definition) is 1. The van der Waals surface area contributed by atoms with Gasteiger partial charge >= 0.3 is 5.97 Å². The van der Waals surface area contributed by atoms with E-state index >= 15 is 0 Å². The molecule has 3 nitrogen and oxygen atoms in total. The number of aliphatic carboxylic acids is 1. The quantitative estimate of drug-likeness (QED) is 0.612. The van der Waals surface area contributed by atoms with E-state index in [-0.39, 0.29) is 6.42 Å². The number of carboxylic acids is 1. The molecular weight excluding hydrogens is 346 g/mol. The second kappa shape index (κ2) is 10.2. The molecule has 0 saturated carbocycles. The van der Waals surface area contributed by atoms with Crippen LogP contribution in [-0.4, -0.2) is 36.1 Å². The molecular formula is C25H31NO2. The Morgan fingerprint density at radius 1 is 0.929 bits per heavy atom. The van der Waals surface area contributed by atoms with Gasteiger partial charge in [-0.15, -0.1) is 0 Å². The van der Waals surface area contributed by atoms with Crippen LogP contribution >= 0.6 is 0 Å². The van der Waals surface area contributed by atoms with E-state index in [1.54, 1.807) is 0 Å². The van der Waals surface area contributed by atoms with Crippen molar-refractivity contribution in [1.82, 2.24) is 4.90 Å². The molecule has 0 atom stereocenters. The minimum absolute atomic E-state index is 0.286. The summed E-state index contributed by atoms with van der Waals surface area (Å²) < 4.78 is 0. The topological polar surface area (TPSA) is 40.5 Å². The van der Waals surface area contributed by atoms with Gasteiger partial charge in [0.25, 0.3) is 0 Å². The van der Waals surface area contributed by atoms with E-state index in [9.17, 15) is 4.79 Å². The maximum absolute atomic E-state index is 10.6. The number of benzene rings is 2. The summed E-state index contributed by atoms with van der Waals surface area (Å²) in [5.74, 6) is -0.691. The Hall–Kier alpha value is -2.39. The lowest BCUT2D eigenvalue weighted by Gasteiger charge is -2.16. The standard InChI is InChI=1S/C25H31NO2/c1-26(18-8-2-3-15-25(27)28)19-9-14-24-22-12-6-4-10-20(22)16-17-21-11-5-7-13-23(21)24/h4-7,10-14H,2-3,8-9,15-19H2,1H3,(H,27,28). The predicted molar refractivity (Wildman–Crippen MR) is 116 cm³/mol. The molecule has 2 aromatic rings. The van der Waals surface area contributed by atoms with Gasteiger partial charge in [-0.1, -0.05) is 61.0 Å². The third-order valence-corrected chi connectivity index (χ3v) is 5.57. The highest BCUT2D eigenvalue weighted by Crippen LogP contribution is 2.33. The van der Waals surface area contributed by atoms with Crippen molar-refractivity contribution in [3.05, 3.63) is 76.9 Å². The Balaban J connectivity index is 1.62. The van der Waals surface area contributed by atoms with E-state index in [2.05, 4.69) is 66.6 Å². The lowest BCUT2D eigenvalue weighted by molar-refractivity contribution is -0.137. The summed E-state index contributed by atoms with van der Waals surface area (Å²) in [7, 11) is 2.16. The van der Waals surface area contributed by atoms with Crippen LogP contribution in [0.25, 0.3) is 5.57 Å². The molecule has 0 amide bonds. The molecule has 0 saturated heterocycles. The van der Waals surface area contributed by atoms with Crippen molar-refractivity contribution in [2.24, 2.45) is 0 Å². The Kier molecular flexibility index (Phi) is 7.44. The van der Waals surface area contributed by atoms with E-state index in [0.717, 1.165) is 51.6 Å². The first kappa shape index (κ1) is 20.3. The van der Waals surface area contributed by atoms with Crippen molar-refractivity contribution < 1.29 is 9.90 Å². The highest BCUT2D eigenvalue weighted by atomic mass is 16.4. The molecule has 0 aliphatic heterocycles. The number of carboxylic acid groups (broad SMARTS) is 1. The van der Waals surface area contributed by atoms with Gasteiger partial charge < -0.3 is 10.0 Å². The van der Waals surface area contributed by atoms with Crippen LogP contribution in [0.2, 0.25) is 0 Å². The molecule has 2 aromatic carbocycles. The zero-order chi connectivity index (χ0) is 19.8. The molecule has 0 unspecified atom stereocenters. The van der Waals surface area contributed by atoms with Crippen LogP contribution in [0.3, 0.4) is 0 Å². The van der Waals surface area contributed by atoms with Gasteiger partial charge in [-0.25, -0.2) is 0 Å².